The molecule has 1 aliphatic heterocycles. The van der Waals surface area contributed by atoms with Crippen LogP contribution in [0, 0.1) is 17.8 Å². The predicted molar refractivity (Wildman–Crippen MR) is 131 cm³/mol. The van der Waals surface area contributed by atoms with Gasteiger partial charge in [-0.05, 0) is 100 Å². The van der Waals surface area contributed by atoms with E-state index >= 15 is 0 Å². The number of fused-ring (bicyclic) bond motifs is 1. The number of nitrogens with zero attached hydrogens (tertiary/aromatic N) is 3. The summed E-state index contributed by atoms with van der Waals surface area (Å²) in [4.78, 5) is 18.6. The number of halogens is 1. The molecule has 5 nitrogen and oxygen atoms in total. The first-order chi connectivity index (χ1) is 15.5. The van der Waals surface area contributed by atoms with E-state index in [0.717, 1.165) is 30.1 Å². The summed E-state index contributed by atoms with van der Waals surface area (Å²) in [7, 11) is 2.21. The van der Waals surface area contributed by atoms with Crippen LogP contribution in [0.4, 0.5) is 5.69 Å². The van der Waals surface area contributed by atoms with Gasteiger partial charge in [-0.2, -0.15) is 0 Å². The maximum absolute atomic E-state index is 12.2. The Hall–Kier alpha value is -2.81. The summed E-state index contributed by atoms with van der Waals surface area (Å²) in [5.41, 5.74) is 3.94. The van der Waals surface area contributed by atoms with Crippen molar-refractivity contribution in [3.05, 3.63) is 59.0 Å². The summed E-state index contributed by atoms with van der Waals surface area (Å²) in [6, 6.07) is 12.1. The van der Waals surface area contributed by atoms with Gasteiger partial charge in [0.25, 0.3) is 0 Å². The minimum atomic E-state index is -0.374. The maximum atomic E-state index is 12.2. The van der Waals surface area contributed by atoms with Gasteiger partial charge in [0.1, 0.15) is 5.15 Å². The third kappa shape index (κ3) is 5.51. The highest BCUT2D eigenvalue weighted by molar-refractivity contribution is 6.29. The molecule has 0 saturated carbocycles. The Morgan fingerprint density at radius 1 is 1.22 bits per heavy atom. The van der Waals surface area contributed by atoms with E-state index in [4.69, 9.17) is 11.6 Å². The monoisotopic (exact) mass is 448 g/mol. The van der Waals surface area contributed by atoms with Crippen LogP contribution in [0.5, 0.6) is 0 Å². The summed E-state index contributed by atoms with van der Waals surface area (Å²) >= 11 is 5.78. The number of benzene rings is 1. The maximum Gasteiger partial charge on any atom is 0.300 e. The summed E-state index contributed by atoms with van der Waals surface area (Å²) in [6.45, 7) is 5.32. The molecular formula is C26H29ClN4O. The summed E-state index contributed by atoms with van der Waals surface area (Å²) in [6.07, 6.45) is 6.48. The minimum Gasteiger partial charge on any atom is -0.334 e. The van der Waals surface area contributed by atoms with Crippen LogP contribution in [0.25, 0.3) is 10.9 Å². The highest BCUT2D eigenvalue weighted by atomic mass is 35.5. The number of carbonyl (C=O) groups excluding carboxylic acids is 1. The second-order valence-corrected chi connectivity index (χ2v) is 8.91. The minimum absolute atomic E-state index is 0.374. The number of hydrogen-bond donors (Lipinski definition) is 1. The Bertz CT molecular complexity index is 1150. The lowest BCUT2D eigenvalue weighted by molar-refractivity contribution is -0.111. The number of carbonyl (C=O) groups is 1. The average Bonchev–Trinajstić information content (AvgIpc) is 3.15. The molecule has 1 aliphatic rings. The van der Waals surface area contributed by atoms with Gasteiger partial charge in [0.05, 0.1) is 17.6 Å². The molecule has 1 N–H and O–H groups in total. The van der Waals surface area contributed by atoms with Crippen LogP contribution >= 0.6 is 11.6 Å². The number of hydrogen-bond acceptors (Lipinski definition) is 3. The first-order valence-corrected chi connectivity index (χ1v) is 11.6. The predicted octanol–water partition coefficient (Wildman–Crippen LogP) is 4.97. The van der Waals surface area contributed by atoms with E-state index in [0.29, 0.717) is 10.8 Å². The van der Waals surface area contributed by atoms with Crippen LogP contribution < -0.4 is 5.32 Å². The summed E-state index contributed by atoms with van der Waals surface area (Å²) in [5, 5.41) is 4.29. The molecule has 1 fully saturated rings. The number of aromatic nitrogens is 2. The lowest BCUT2D eigenvalue weighted by Crippen LogP contribution is -2.30. The molecule has 6 heteroatoms. The van der Waals surface area contributed by atoms with Gasteiger partial charge in [-0.25, -0.2) is 4.98 Å². The van der Waals surface area contributed by atoms with Gasteiger partial charge in [0.15, 0.2) is 0 Å². The zero-order valence-electron chi connectivity index (χ0n) is 18.7. The molecule has 2 aromatic heterocycles. The fourth-order valence-corrected chi connectivity index (χ4v) is 4.49. The lowest BCUT2D eigenvalue weighted by Gasteiger charge is -2.28. The standard InChI is InChI=1S/C26H29ClN4O/c1-3-31-23(8-11-26(32)29-22-7-10-25(27)28-18-22)17-21-16-20(6-9-24(21)31)5-4-19-12-14-30(2)15-13-19/h6-7,9-10,16-19H,3-5,12-15H2,1-2H3,(H,29,32). The second-order valence-electron chi connectivity index (χ2n) is 8.53. The van der Waals surface area contributed by atoms with Gasteiger partial charge in [-0.3, -0.25) is 4.79 Å². The topological polar surface area (TPSA) is 50.2 Å². The number of anilines is 1. The van der Waals surface area contributed by atoms with Gasteiger partial charge in [0.2, 0.25) is 0 Å². The molecule has 4 rings (SSSR count). The van der Waals surface area contributed by atoms with Gasteiger partial charge >= 0.3 is 5.91 Å². The molecule has 1 amide bonds. The number of rotatable bonds is 5. The zero-order chi connectivity index (χ0) is 22.5. The lowest BCUT2D eigenvalue weighted by atomic mass is 9.90. The normalized spacial score (nSPS) is 14.8. The van der Waals surface area contributed by atoms with E-state index in [-0.39, 0.29) is 5.91 Å². The van der Waals surface area contributed by atoms with Gasteiger partial charge in [0, 0.05) is 23.4 Å². The summed E-state index contributed by atoms with van der Waals surface area (Å²) in [5.74, 6) is 6.20. The smallest absolute Gasteiger partial charge is 0.300 e. The number of pyridine rings is 1. The van der Waals surface area contributed by atoms with Crippen molar-refractivity contribution in [3.63, 3.8) is 0 Å². The molecule has 1 aromatic carbocycles. The number of piperidine rings is 1. The number of amides is 1. The first-order valence-electron chi connectivity index (χ1n) is 11.3. The van der Waals surface area contributed by atoms with Crippen LogP contribution in [0.15, 0.2) is 42.6 Å². The molecule has 0 spiro atoms. The number of nitrogens with one attached hydrogen (secondary N) is 1. The third-order valence-electron chi connectivity index (χ3n) is 6.25. The molecule has 3 heterocycles. The van der Waals surface area contributed by atoms with Crippen molar-refractivity contribution in [1.82, 2.24) is 14.5 Å². The molecule has 32 heavy (non-hydrogen) atoms. The van der Waals surface area contributed by atoms with E-state index in [2.05, 4.69) is 69.8 Å². The Balaban J connectivity index is 1.46. The van der Waals surface area contributed by atoms with Crippen molar-refractivity contribution < 1.29 is 4.79 Å². The van der Waals surface area contributed by atoms with Crippen LogP contribution in [0.3, 0.4) is 0 Å². The SMILES string of the molecule is CCn1c(C#CC(=O)Nc2ccc(Cl)nc2)cc2cc(CCC3CCN(C)CC3)ccc21. The van der Waals surface area contributed by atoms with E-state index in [9.17, 15) is 4.79 Å². The van der Waals surface area contributed by atoms with Crippen LogP contribution in [0.1, 0.15) is 37.4 Å². The van der Waals surface area contributed by atoms with Gasteiger partial charge < -0.3 is 14.8 Å². The van der Waals surface area contributed by atoms with E-state index in [1.165, 1.54) is 49.5 Å². The average molecular weight is 449 g/mol. The van der Waals surface area contributed by atoms with Crippen LogP contribution in [0.2, 0.25) is 5.15 Å². The van der Waals surface area contributed by atoms with E-state index in [1.807, 2.05) is 0 Å². The second kappa shape index (κ2) is 10.2. The highest BCUT2D eigenvalue weighted by Gasteiger charge is 2.16. The Morgan fingerprint density at radius 3 is 2.75 bits per heavy atom. The van der Waals surface area contributed by atoms with Crippen molar-refractivity contribution >= 4 is 34.1 Å². The van der Waals surface area contributed by atoms with Crippen molar-refractivity contribution in [1.29, 1.82) is 0 Å². The Labute approximate surface area is 194 Å². The fourth-order valence-electron chi connectivity index (χ4n) is 4.37. The zero-order valence-corrected chi connectivity index (χ0v) is 19.5. The van der Waals surface area contributed by atoms with Gasteiger partial charge in [-0.15, -0.1) is 0 Å². The number of likely N-dealkylation sites (tertiary alicyclic amines) is 1. The van der Waals surface area contributed by atoms with Crippen LogP contribution in [-0.2, 0) is 17.8 Å². The van der Waals surface area contributed by atoms with Gasteiger partial charge in [-0.1, -0.05) is 17.7 Å². The molecular weight excluding hydrogens is 420 g/mol. The number of aryl methyl sites for hydroxylation is 2. The van der Waals surface area contributed by atoms with Crippen molar-refractivity contribution in [3.8, 4) is 11.8 Å². The molecule has 1 saturated heterocycles. The highest BCUT2D eigenvalue weighted by Crippen LogP contribution is 2.25. The van der Waals surface area contributed by atoms with Crippen LogP contribution in [-0.4, -0.2) is 40.5 Å². The molecule has 0 atom stereocenters. The van der Waals surface area contributed by atoms with Crippen molar-refractivity contribution in [2.75, 3.05) is 25.5 Å². The Morgan fingerprint density at radius 2 is 2.03 bits per heavy atom. The molecule has 0 bridgehead atoms. The first kappa shape index (κ1) is 22.4. The van der Waals surface area contributed by atoms with Crippen molar-refractivity contribution in [2.45, 2.75) is 39.2 Å². The molecule has 3 aromatic rings. The quantitative estimate of drug-likeness (QED) is 0.442. The summed E-state index contributed by atoms with van der Waals surface area (Å²) < 4.78 is 2.15. The molecule has 166 valence electrons. The fraction of sp³-hybridized carbons (Fsp3) is 0.385. The Kier molecular flexibility index (Phi) is 7.14. The molecule has 0 unspecified atom stereocenters. The molecule has 0 radical (unpaired) electrons. The van der Waals surface area contributed by atoms with E-state index < -0.39 is 0 Å². The van der Waals surface area contributed by atoms with Crippen molar-refractivity contribution in [2.24, 2.45) is 5.92 Å². The largest absolute Gasteiger partial charge is 0.334 e. The molecule has 0 aliphatic carbocycles. The third-order valence-corrected chi connectivity index (χ3v) is 6.47. The van der Waals surface area contributed by atoms with E-state index in [1.54, 1.807) is 12.1 Å².